The van der Waals surface area contributed by atoms with Gasteiger partial charge in [0.05, 0.1) is 6.61 Å². The molecule has 0 saturated carbocycles. The van der Waals surface area contributed by atoms with E-state index in [1.54, 1.807) is 11.3 Å². The molecular weight excluding hydrogens is 284 g/mol. The number of likely N-dealkylation sites (N-methyl/N-ethyl adjacent to an activating group) is 1. The lowest BCUT2D eigenvalue weighted by Crippen LogP contribution is -2.21. The minimum absolute atomic E-state index is 0.0256. The van der Waals surface area contributed by atoms with Crippen LogP contribution in [0.15, 0.2) is 41.1 Å². The lowest BCUT2D eigenvalue weighted by Gasteiger charge is -2.18. The number of carbonyl (C=O) groups is 1. The van der Waals surface area contributed by atoms with E-state index in [9.17, 15) is 4.79 Å². The minimum Gasteiger partial charge on any atom is -0.395 e. The van der Waals surface area contributed by atoms with Crippen molar-refractivity contribution < 1.29 is 9.90 Å². The summed E-state index contributed by atoms with van der Waals surface area (Å²) in [7, 11) is 1.92. The van der Waals surface area contributed by atoms with E-state index >= 15 is 0 Å². The summed E-state index contributed by atoms with van der Waals surface area (Å²) in [4.78, 5) is 13.8. The third-order valence-corrected chi connectivity index (χ3v) is 3.98. The Morgan fingerprint density at radius 3 is 2.67 bits per heavy atom. The summed E-state index contributed by atoms with van der Waals surface area (Å²) >= 11 is 1.65. The van der Waals surface area contributed by atoms with Gasteiger partial charge in [-0.15, -0.1) is 0 Å². The number of nitrogens with zero attached hydrogens (tertiary/aromatic N) is 1. The number of rotatable bonds is 7. The molecule has 0 bridgehead atoms. The maximum Gasteiger partial charge on any atom is 0.224 e. The van der Waals surface area contributed by atoms with Crippen LogP contribution in [-0.2, 0) is 11.2 Å². The summed E-state index contributed by atoms with van der Waals surface area (Å²) in [6, 6.07) is 9.68. The second-order valence-electron chi connectivity index (χ2n) is 4.87. The molecule has 1 aromatic heterocycles. The number of aliphatic hydroxyl groups excluding tert-OH is 1. The average molecular weight is 304 g/mol. The van der Waals surface area contributed by atoms with Gasteiger partial charge in [-0.3, -0.25) is 4.79 Å². The van der Waals surface area contributed by atoms with Gasteiger partial charge >= 0.3 is 0 Å². The summed E-state index contributed by atoms with van der Waals surface area (Å²) in [6.07, 6.45) is 1.26. The lowest BCUT2D eigenvalue weighted by molar-refractivity contribution is -0.116. The molecule has 0 aliphatic heterocycles. The van der Waals surface area contributed by atoms with Crippen molar-refractivity contribution in [2.75, 3.05) is 30.4 Å². The van der Waals surface area contributed by atoms with Crippen LogP contribution < -0.4 is 10.2 Å². The Morgan fingerprint density at radius 2 is 2.05 bits per heavy atom. The van der Waals surface area contributed by atoms with E-state index in [1.807, 2.05) is 47.7 Å². The fraction of sp³-hybridized carbons (Fsp3) is 0.312. The largest absolute Gasteiger partial charge is 0.395 e. The zero-order chi connectivity index (χ0) is 15.1. The summed E-state index contributed by atoms with van der Waals surface area (Å²) in [5, 5.41) is 15.9. The second-order valence-corrected chi connectivity index (χ2v) is 5.65. The standard InChI is InChI=1S/C16H20N2O2S/c1-18(9-10-19)15-5-3-14(4-6-15)17-16(20)7-2-13-8-11-21-12-13/h3-6,8,11-12,19H,2,7,9-10H2,1H3,(H,17,20). The van der Waals surface area contributed by atoms with E-state index in [0.29, 0.717) is 13.0 Å². The Balaban J connectivity index is 1.83. The summed E-state index contributed by atoms with van der Waals surface area (Å²) in [6.45, 7) is 0.712. The van der Waals surface area contributed by atoms with Gasteiger partial charge in [0, 0.05) is 31.4 Å². The second kappa shape index (κ2) is 7.81. The predicted molar refractivity (Wildman–Crippen MR) is 88.1 cm³/mol. The predicted octanol–water partition coefficient (Wildman–Crippen LogP) is 2.75. The first kappa shape index (κ1) is 15.5. The number of carbonyl (C=O) groups excluding carboxylic acids is 1. The highest BCUT2D eigenvalue weighted by Gasteiger charge is 2.05. The van der Waals surface area contributed by atoms with Crippen LogP contribution in [0.2, 0.25) is 0 Å². The first-order valence-corrected chi connectivity index (χ1v) is 7.86. The third kappa shape index (κ3) is 4.88. The molecule has 0 aliphatic rings. The van der Waals surface area contributed by atoms with Gasteiger partial charge in [0.1, 0.15) is 0 Å². The van der Waals surface area contributed by atoms with Crippen LogP contribution in [0, 0.1) is 0 Å². The molecule has 4 nitrogen and oxygen atoms in total. The van der Waals surface area contributed by atoms with Crippen molar-refractivity contribution in [2.24, 2.45) is 0 Å². The number of nitrogens with one attached hydrogen (secondary N) is 1. The maximum atomic E-state index is 11.9. The van der Waals surface area contributed by atoms with E-state index in [1.165, 1.54) is 5.56 Å². The summed E-state index contributed by atoms with van der Waals surface area (Å²) < 4.78 is 0. The molecule has 1 aromatic carbocycles. The molecule has 1 amide bonds. The van der Waals surface area contributed by atoms with Crippen molar-refractivity contribution in [2.45, 2.75) is 12.8 Å². The summed E-state index contributed by atoms with van der Waals surface area (Å²) in [5.74, 6) is 0.0256. The topological polar surface area (TPSA) is 52.6 Å². The van der Waals surface area contributed by atoms with Crippen LogP contribution >= 0.6 is 11.3 Å². The third-order valence-electron chi connectivity index (χ3n) is 3.25. The van der Waals surface area contributed by atoms with Crippen molar-refractivity contribution in [3.05, 3.63) is 46.7 Å². The Morgan fingerprint density at radius 1 is 1.29 bits per heavy atom. The van der Waals surface area contributed by atoms with Crippen LogP contribution in [0.5, 0.6) is 0 Å². The molecule has 0 aliphatic carbocycles. The molecule has 0 unspecified atom stereocenters. The van der Waals surface area contributed by atoms with Gasteiger partial charge in [-0.1, -0.05) is 0 Å². The molecule has 0 fully saturated rings. The monoisotopic (exact) mass is 304 g/mol. The average Bonchev–Trinajstić information content (AvgIpc) is 2.99. The van der Waals surface area contributed by atoms with Gasteiger partial charge in [-0.05, 0) is 53.1 Å². The van der Waals surface area contributed by atoms with E-state index < -0.39 is 0 Å². The highest BCUT2D eigenvalue weighted by molar-refractivity contribution is 7.07. The van der Waals surface area contributed by atoms with E-state index in [2.05, 4.69) is 10.7 Å². The molecule has 0 saturated heterocycles. The molecule has 0 atom stereocenters. The number of hydrogen-bond acceptors (Lipinski definition) is 4. The Bertz CT molecular complexity index is 552. The number of aryl methyl sites for hydroxylation is 1. The van der Waals surface area contributed by atoms with Gasteiger partial charge in [-0.25, -0.2) is 0 Å². The Kier molecular flexibility index (Phi) is 5.78. The quantitative estimate of drug-likeness (QED) is 0.827. The number of anilines is 2. The van der Waals surface area contributed by atoms with Crippen molar-refractivity contribution in [3.8, 4) is 0 Å². The lowest BCUT2D eigenvalue weighted by atomic mass is 10.2. The van der Waals surface area contributed by atoms with Crippen LogP contribution in [0.1, 0.15) is 12.0 Å². The highest BCUT2D eigenvalue weighted by atomic mass is 32.1. The molecule has 0 spiro atoms. The van der Waals surface area contributed by atoms with Crippen molar-refractivity contribution >= 4 is 28.6 Å². The number of amides is 1. The molecule has 21 heavy (non-hydrogen) atoms. The highest BCUT2D eigenvalue weighted by Crippen LogP contribution is 2.17. The molecule has 2 aromatic rings. The molecule has 5 heteroatoms. The van der Waals surface area contributed by atoms with Crippen molar-refractivity contribution in [1.82, 2.24) is 0 Å². The first-order chi connectivity index (χ1) is 10.2. The van der Waals surface area contributed by atoms with Gasteiger partial charge in [0.2, 0.25) is 5.91 Å². The van der Waals surface area contributed by atoms with Crippen LogP contribution in [0.3, 0.4) is 0 Å². The fourth-order valence-corrected chi connectivity index (χ4v) is 2.70. The number of benzene rings is 1. The molecule has 112 valence electrons. The molecule has 1 heterocycles. The maximum absolute atomic E-state index is 11.9. The zero-order valence-corrected chi connectivity index (χ0v) is 12.9. The van der Waals surface area contributed by atoms with Crippen LogP contribution in [-0.4, -0.2) is 31.2 Å². The van der Waals surface area contributed by atoms with E-state index in [0.717, 1.165) is 17.8 Å². The fourth-order valence-electron chi connectivity index (χ4n) is 1.99. The zero-order valence-electron chi connectivity index (χ0n) is 12.1. The molecule has 2 N–H and O–H groups in total. The Labute approximate surface area is 129 Å². The number of aliphatic hydroxyl groups is 1. The van der Waals surface area contributed by atoms with Crippen molar-refractivity contribution in [3.63, 3.8) is 0 Å². The minimum atomic E-state index is 0.0256. The normalized spacial score (nSPS) is 10.4. The smallest absolute Gasteiger partial charge is 0.224 e. The SMILES string of the molecule is CN(CCO)c1ccc(NC(=O)CCc2ccsc2)cc1. The van der Waals surface area contributed by atoms with Gasteiger partial charge in [0.25, 0.3) is 0 Å². The van der Waals surface area contributed by atoms with E-state index in [4.69, 9.17) is 5.11 Å². The van der Waals surface area contributed by atoms with Gasteiger partial charge in [-0.2, -0.15) is 11.3 Å². The molecular formula is C16H20N2O2S. The number of hydrogen-bond donors (Lipinski definition) is 2. The number of thiophene rings is 1. The Hall–Kier alpha value is -1.85. The molecule has 0 radical (unpaired) electrons. The van der Waals surface area contributed by atoms with Gasteiger partial charge in [0.15, 0.2) is 0 Å². The summed E-state index contributed by atoms with van der Waals surface area (Å²) in [5.41, 5.74) is 3.02. The van der Waals surface area contributed by atoms with E-state index in [-0.39, 0.29) is 12.5 Å². The van der Waals surface area contributed by atoms with Crippen LogP contribution in [0.25, 0.3) is 0 Å². The van der Waals surface area contributed by atoms with Crippen molar-refractivity contribution in [1.29, 1.82) is 0 Å². The molecule has 2 rings (SSSR count). The van der Waals surface area contributed by atoms with Gasteiger partial charge < -0.3 is 15.3 Å². The first-order valence-electron chi connectivity index (χ1n) is 6.92. The van der Waals surface area contributed by atoms with Crippen LogP contribution in [0.4, 0.5) is 11.4 Å².